The van der Waals surface area contributed by atoms with Gasteiger partial charge in [-0.1, -0.05) is 164 Å². The molecule has 7 aromatic carbocycles. The molecule has 0 radical (unpaired) electrons. The smallest absolute Gasteiger partial charge is 0.164 e. The zero-order valence-corrected chi connectivity index (χ0v) is 29.8. The average molecular weight is 704 g/mol. The summed E-state index contributed by atoms with van der Waals surface area (Å²) in [5.74, 6) is 1.82. The Morgan fingerprint density at radius 3 is 1.24 bits per heavy atom. The van der Waals surface area contributed by atoms with Crippen LogP contribution in [0.4, 0.5) is 0 Å². The lowest BCUT2D eigenvalue weighted by atomic mass is 9.96. The number of benzene rings is 7. The fraction of sp³-hybridized carbons (Fsp3) is 0.0200. The number of aromatic nitrogens is 5. The first-order valence-corrected chi connectivity index (χ1v) is 18.5. The summed E-state index contributed by atoms with van der Waals surface area (Å²) in [4.78, 5) is 25.1. The Balaban J connectivity index is 1.09. The van der Waals surface area contributed by atoms with Crippen molar-refractivity contribution in [1.82, 2.24) is 24.9 Å². The van der Waals surface area contributed by atoms with E-state index in [-0.39, 0.29) is 0 Å². The van der Waals surface area contributed by atoms with E-state index >= 15 is 0 Å². The minimum absolute atomic E-state index is 0.595. The van der Waals surface area contributed by atoms with Gasteiger partial charge in [-0.25, -0.2) is 24.9 Å². The third kappa shape index (κ3) is 6.18. The zero-order chi connectivity index (χ0) is 36.6. The van der Waals surface area contributed by atoms with Crippen molar-refractivity contribution >= 4 is 0 Å². The molecule has 10 rings (SSSR count). The third-order valence-corrected chi connectivity index (χ3v) is 10.3. The second-order valence-corrected chi connectivity index (χ2v) is 13.7. The van der Waals surface area contributed by atoms with Crippen molar-refractivity contribution in [2.24, 2.45) is 0 Å². The minimum atomic E-state index is 0.595. The second-order valence-electron chi connectivity index (χ2n) is 13.7. The van der Waals surface area contributed by atoms with E-state index in [4.69, 9.17) is 24.9 Å². The molecule has 0 fully saturated rings. The summed E-state index contributed by atoms with van der Waals surface area (Å²) >= 11 is 0. The lowest BCUT2D eigenvalue weighted by molar-refractivity contribution is 1.07. The van der Waals surface area contributed by atoms with E-state index in [2.05, 4.69) is 170 Å². The molecular weight excluding hydrogens is 671 g/mol. The van der Waals surface area contributed by atoms with E-state index in [1.165, 1.54) is 22.3 Å². The summed E-state index contributed by atoms with van der Waals surface area (Å²) in [6, 6.07) is 63.0. The first-order chi connectivity index (χ1) is 27.2. The number of fused-ring (bicyclic) bond motifs is 3. The molecule has 9 aromatic rings. The summed E-state index contributed by atoms with van der Waals surface area (Å²) in [6.45, 7) is 0. The standard InChI is InChI=1S/C50H33N5/c1-4-14-33(15-5-1)36-20-10-23-39(28-36)48-53-49(40-24-11-21-37(29-40)34-16-6-2-7-17-34)55-50(54-48)41-25-12-22-38(30-41)46-45-31-44-42(35-18-8-3-9-19-35)26-13-27-43(44)47(45)52-32-51-46/h1-30,32H,31H2. The van der Waals surface area contributed by atoms with E-state index in [1.54, 1.807) is 6.33 Å². The Labute approximate surface area is 319 Å². The SMILES string of the molecule is c1ccc(-c2cccc(-c3nc(-c4cccc(-c5ccccc5)c4)nc(-c4cccc(-c5ncnc6c5Cc5c(-c7ccccc7)cccc5-6)c4)n3)c2)cc1. The van der Waals surface area contributed by atoms with Gasteiger partial charge in [0.2, 0.25) is 0 Å². The topological polar surface area (TPSA) is 64.5 Å². The molecule has 1 aliphatic rings. The third-order valence-electron chi connectivity index (χ3n) is 10.3. The molecule has 0 unspecified atom stereocenters. The molecule has 2 aromatic heterocycles. The highest BCUT2D eigenvalue weighted by atomic mass is 15.0. The van der Waals surface area contributed by atoms with Crippen LogP contribution in [0, 0.1) is 0 Å². The highest BCUT2D eigenvalue weighted by Crippen LogP contribution is 2.43. The Morgan fingerprint density at radius 2 is 0.691 bits per heavy atom. The van der Waals surface area contributed by atoms with Crippen LogP contribution in [0.15, 0.2) is 188 Å². The van der Waals surface area contributed by atoms with Crippen molar-refractivity contribution in [2.75, 3.05) is 0 Å². The fourth-order valence-electron chi connectivity index (χ4n) is 7.63. The van der Waals surface area contributed by atoms with Gasteiger partial charge in [0, 0.05) is 39.8 Å². The molecule has 0 N–H and O–H groups in total. The summed E-state index contributed by atoms with van der Waals surface area (Å²) in [6.07, 6.45) is 2.44. The Bertz CT molecular complexity index is 2730. The van der Waals surface area contributed by atoms with Crippen LogP contribution in [-0.2, 0) is 6.42 Å². The maximum absolute atomic E-state index is 5.14. The molecule has 2 heterocycles. The lowest BCUT2D eigenvalue weighted by Gasteiger charge is -2.12. The largest absolute Gasteiger partial charge is 0.236 e. The van der Waals surface area contributed by atoms with Gasteiger partial charge in [0.15, 0.2) is 17.5 Å². The second kappa shape index (κ2) is 13.9. The molecular formula is C50H33N5. The maximum atomic E-state index is 5.14. The van der Waals surface area contributed by atoms with Crippen LogP contribution in [-0.4, -0.2) is 24.9 Å². The summed E-state index contributed by atoms with van der Waals surface area (Å²) in [5.41, 5.74) is 16.1. The van der Waals surface area contributed by atoms with Gasteiger partial charge in [0.25, 0.3) is 0 Å². The Morgan fingerprint density at radius 1 is 0.291 bits per heavy atom. The monoisotopic (exact) mass is 703 g/mol. The average Bonchev–Trinajstić information content (AvgIpc) is 3.67. The van der Waals surface area contributed by atoms with Crippen LogP contribution in [0.2, 0.25) is 0 Å². The van der Waals surface area contributed by atoms with Gasteiger partial charge in [-0.3, -0.25) is 0 Å². The Kier molecular flexibility index (Phi) is 8.15. The van der Waals surface area contributed by atoms with Gasteiger partial charge in [-0.15, -0.1) is 0 Å². The summed E-state index contributed by atoms with van der Waals surface area (Å²) < 4.78 is 0. The molecule has 0 saturated heterocycles. The van der Waals surface area contributed by atoms with E-state index < -0.39 is 0 Å². The predicted octanol–water partition coefficient (Wildman–Crippen LogP) is 11.9. The first-order valence-electron chi connectivity index (χ1n) is 18.5. The van der Waals surface area contributed by atoms with Gasteiger partial charge in [0.05, 0.1) is 11.4 Å². The van der Waals surface area contributed by atoms with Gasteiger partial charge >= 0.3 is 0 Å². The first kappa shape index (κ1) is 32.3. The molecule has 0 atom stereocenters. The molecule has 5 nitrogen and oxygen atoms in total. The van der Waals surface area contributed by atoms with Crippen LogP contribution in [0.1, 0.15) is 11.1 Å². The minimum Gasteiger partial charge on any atom is -0.236 e. The quantitative estimate of drug-likeness (QED) is 0.165. The fourth-order valence-corrected chi connectivity index (χ4v) is 7.63. The summed E-state index contributed by atoms with van der Waals surface area (Å²) in [7, 11) is 0. The van der Waals surface area contributed by atoms with Crippen molar-refractivity contribution in [1.29, 1.82) is 0 Å². The van der Waals surface area contributed by atoms with Crippen LogP contribution in [0.5, 0.6) is 0 Å². The number of nitrogens with zero attached hydrogens (tertiary/aromatic N) is 5. The van der Waals surface area contributed by atoms with Gasteiger partial charge in [-0.2, -0.15) is 0 Å². The maximum Gasteiger partial charge on any atom is 0.164 e. The molecule has 258 valence electrons. The van der Waals surface area contributed by atoms with Crippen LogP contribution in [0.3, 0.4) is 0 Å². The normalized spacial score (nSPS) is 11.6. The van der Waals surface area contributed by atoms with Gasteiger partial charge in [-0.05, 0) is 57.1 Å². The molecule has 0 bridgehead atoms. The predicted molar refractivity (Wildman–Crippen MR) is 222 cm³/mol. The lowest BCUT2D eigenvalue weighted by Crippen LogP contribution is -2.01. The van der Waals surface area contributed by atoms with E-state index in [0.717, 1.165) is 67.9 Å². The van der Waals surface area contributed by atoms with E-state index in [1.807, 2.05) is 12.1 Å². The van der Waals surface area contributed by atoms with Crippen molar-refractivity contribution in [3.05, 3.63) is 199 Å². The number of rotatable bonds is 7. The van der Waals surface area contributed by atoms with Crippen LogP contribution < -0.4 is 0 Å². The highest BCUT2D eigenvalue weighted by molar-refractivity contribution is 5.87. The van der Waals surface area contributed by atoms with Crippen LogP contribution >= 0.6 is 0 Å². The molecule has 5 heteroatoms. The highest BCUT2D eigenvalue weighted by Gasteiger charge is 2.27. The molecule has 0 spiro atoms. The van der Waals surface area contributed by atoms with Gasteiger partial charge in [0.1, 0.15) is 6.33 Å². The van der Waals surface area contributed by atoms with Crippen molar-refractivity contribution in [3.63, 3.8) is 0 Å². The molecule has 0 saturated carbocycles. The van der Waals surface area contributed by atoms with Crippen LogP contribution in [0.25, 0.3) is 90.1 Å². The molecule has 0 amide bonds. The van der Waals surface area contributed by atoms with Crippen molar-refractivity contribution in [2.45, 2.75) is 6.42 Å². The van der Waals surface area contributed by atoms with Gasteiger partial charge < -0.3 is 0 Å². The molecule has 55 heavy (non-hydrogen) atoms. The zero-order valence-electron chi connectivity index (χ0n) is 29.8. The van der Waals surface area contributed by atoms with Crippen molar-refractivity contribution < 1.29 is 0 Å². The number of hydrogen-bond acceptors (Lipinski definition) is 5. The Hall–Kier alpha value is -7.37. The molecule has 0 aliphatic heterocycles. The number of hydrogen-bond donors (Lipinski definition) is 0. The van der Waals surface area contributed by atoms with Crippen molar-refractivity contribution in [3.8, 4) is 90.1 Å². The van der Waals surface area contributed by atoms with E-state index in [9.17, 15) is 0 Å². The molecule has 1 aliphatic carbocycles. The van der Waals surface area contributed by atoms with E-state index in [0.29, 0.717) is 17.5 Å². The summed E-state index contributed by atoms with van der Waals surface area (Å²) in [5, 5.41) is 0.